The van der Waals surface area contributed by atoms with Crippen molar-refractivity contribution in [3.63, 3.8) is 0 Å². The van der Waals surface area contributed by atoms with Gasteiger partial charge in [0.15, 0.2) is 12.2 Å². The minimum atomic E-state index is -4.27. The molecule has 1 amide bonds. The number of aromatic nitrogens is 2. The quantitative estimate of drug-likeness (QED) is 0.122. The Bertz CT molecular complexity index is 1470. The number of nitrogens with zero attached hydrogens (tertiary/aromatic N) is 2. The summed E-state index contributed by atoms with van der Waals surface area (Å²) >= 11 is 12.2. The fourth-order valence-corrected chi connectivity index (χ4v) is 6.49. The van der Waals surface area contributed by atoms with Gasteiger partial charge in [-0.05, 0) is 42.9 Å². The normalized spacial score (nSPS) is 17.7. The monoisotopic (exact) mass is 652 g/mol. The number of ether oxygens (including phenoxy) is 2. The molecule has 0 spiro atoms. The number of nitrogens with two attached hydrogens (primary N) is 1. The van der Waals surface area contributed by atoms with Crippen molar-refractivity contribution in [2.24, 2.45) is 5.92 Å². The summed E-state index contributed by atoms with van der Waals surface area (Å²) in [7, 11) is -4.27. The molecule has 3 atom stereocenters. The van der Waals surface area contributed by atoms with Crippen LogP contribution >= 0.6 is 23.2 Å². The summed E-state index contributed by atoms with van der Waals surface area (Å²) in [5, 5.41) is 3.01. The molecule has 0 saturated carbocycles. The zero-order valence-corrected chi connectivity index (χ0v) is 25.8. The van der Waals surface area contributed by atoms with E-state index in [1.165, 1.54) is 17.0 Å². The maximum absolute atomic E-state index is 14.0. The van der Waals surface area contributed by atoms with Crippen LogP contribution in [0.15, 0.2) is 59.8 Å². The van der Waals surface area contributed by atoms with Gasteiger partial charge < -0.3 is 30.4 Å². The number of piperidine rings is 1. The van der Waals surface area contributed by atoms with Gasteiger partial charge in [0.1, 0.15) is 12.6 Å². The number of amides is 1. The Hall–Kier alpha value is -3.52. The van der Waals surface area contributed by atoms with Crippen molar-refractivity contribution in [1.29, 1.82) is 0 Å². The maximum atomic E-state index is 14.0. The molecule has 1 aliphatic rings. The standard InChI is InChI=1S/C28H34Cl2N6O6S/c1-18-9-13-36(24(14-18)42-28(38)41-17-19-6-3-2-4-7-19)26(37)23(8-5-10-32-27-33-11-12-34-27)35-43(39,40)20-15-21(29)25(31)22(30)16-20/h2-4,6-7,11-12,15-16,18,23-24,35H,5,8-10,13-14,17,31H2,1H3,(H2,32,33,34)/t18-,23+,24-/m1/s1. The van der Waals surface area contributed by atoms with Gasteiger partial charge in [0.05, 0.1) is 20.6 Å². The third-order valence-corrected chi connectivity index (χ3v) is 9.02. The molecule has 1 aliphatic heterocycles. The first-order valence-electron chi connectivity index (χ1n) is 13.7. The molecular weight excluding hydrogens is 619 g/mol. The van der Waals surface area contributed by atoms with Gasteiger partial charge in [-0.3, -0.25) is 4.79 Å². The van der Waals surface area contributed by atoms with E-state index in [2.05, 4.69) is 20.0 Å². The molecule has 15 heteroatoms. The molecule has 12 nitrogen and oxygen atoms in total. The van der Waals surface area contributed by atoms with Gasteiger partial charge in [-0.1, -0.05) is 60.5 Å². The van der Waals surface area contributed by atoms with Crippen LogP contribution in [-0.2, 0) is 30.9 Å². The fraction of sp³-hybridized carbons (Fsp3) is 0.393. The highest BCUT2D eigenvalue weighted by atomic mass is 35.5. The van der Waals surface area contributed by atoms with E-state index in [1.807, 2.05) is 37.3 Å². The molecule has 1 aromatic heterocycles. The van der Waals surface area contributed by atoms with Crippen molar-refractivity contribution in [2.45, 2.75) is 56.4 Å². The number of benzene rings is 2. The lowest BCUT2D eigenvalue weighted by Gasteiger charge is -2.39. The summed E-state index contributed by atoms with van der Waals surface area (Å²) in [6, 6.07) is 10.3. The molecular formula is C28H34Cl2N6O6S. The zero-order chi connectivity index (χ0) is 31.0. The molecule has 2 aromatic carbocycles. The van der Waals surface area contributed by atoms with Crippen molar-refractivity contribution in [3.05, 3.63) is 70.5 Å². The number of hydrogen-bond donors (Lipinski definition) is 4. The highest BCUT2D eigenvalue weighted by Gasteiger charge is 2.38. The molecule has 1 fully saturated rings. The average Bonchev–Trinajstić information content (AvgIpc) is 3.50. The first kappa shape index (κ1) is 32.4. The molecule has 2 heterocycles. The number of imidazole rings is 1. The molecule has 43 heavy (non-hydrogen) atoms. The summed E-state index contributed by atoms with van der Waals surface area (Å²) in [5.41, 5.74) is 6.60. The third kappa shape index (κ3) is 8.99. The highest BCUT2D eigenvalue weighted by molar-refractivity contribution is 7.89. The number of hydrogen-bond acceptors (Lipinski definition) is 9. The van der Waals surface area contributed by atoms with E-state index >= 15 is 0 Å². The Labute approximate surface area is 260 Å². The number of nitrogen functional groups attached to an aromatic ring is 1. The largest absolute Gasteiger partial charge is 0.510 e. The second kappa shape index (κ2) is 14.8. The van der Waals surface area contributed by atoms with Crippen molar-refractivity contribution >= 4 is 56.9 Å². The van der Waals surface area contributed by atoms with Crippen LogP contribution in [0.1, 0.15) is 38.2 Å². The predicted molar refractivity (Wildman–Crippen MR) is 163 cm³/mol. The van der Waals surface area contributed by atoms with Crippen molar-refractivity contribution < 1.29 is 27.5 Å². The molecule has 0 unspecified atom stereocenters. The summed E-state index contributed by atoms with van der Waals surface area (Å²) in [6.45, 7) is 2.66. The highest BCUT2D eigenvalue weighted by Crippen LogP contribution is 2.31. The van der Waals surface area contributed by atoms with Crippen LogP contribution in [0.4, 0.5) is 16.4 Å². The number of aromatic amines is 1. The number of sulfonamides is 1. The Morgan fingerprint density at radius 1 is 1.21 bits per heavy atom. The van der Waals surface area contributed by atoms with Crippen LogP contribution in [0.5, 0.6) is 0 Å². The van der Waals surface area contributed by atoms with E-state index in [4.69, 9.17) is 38.4 Å². The summed E-state index contributed by atoms with van der Waals surface area (Å²) in [4.78, 5) is 34.7. The van der Waals surface area contributed by atoms with Crippen LogP contribution < -0.4 is 15.8 Å². The molecule has 4 rings (SSSR count). The first-order valence-corrected chi connectivity index (χ1v) is 16.0. The van der Waals surface area contributed by atoms with Crippen molar-refractivity contribution in [2.75, 3.05) is 24.1 Å². The number of anilines is 2. The number of carbonyl (C=O) groups excluding carboxylic acids is 2. The average molecular weight is 654 g/mol. The smallest absolute Gasteiger partial charge is 0.429 e. The van der Waals surface area contributed by atoms with E-state index in [1.54, 1.807) is 12.4 Å². The summed E-state index contributed by atoms with van der Waals surface area (Å²) in [6.07, 6.45) is 2.93. The minimum absolute atomic E-state index is 0.00763. The van der Waals surface area contributed by atoms with E-state index in [0.29, 0.717) is 31.8 Å². The summed E-state index contributed by atoms with van der Waals surface area (Å²) < 4.78 is 40.2. The molecule has 1 saturated heterocycles. The maximum Gasteiger partial charge on any atom is 0.510 e. The second-order valence-corrected chi connectivity index (χ2v) is 12.8. The Balaban J connectivity index is 1.50. The Morgan fingerprint density at radius 2 is 1.93 bits per heavy atom. The number of rotatable bonds is 12. The SMILES string of the molecule is C[C@@H]1CCN(C(=O)[C@H](CCCNc2ncc[nH]2)NS(=O)(=O)c2cc(Cl)c(N)c(Cl)c2)[C@H](OC(=O)OCc2ccccc2)C1. The number of H-pyrrole nitrogens is 1. The van der Waals surface area contributed by atoms with Gasteiger partial charge in [0.2, 0.25) is 15.9 Å². The lowest BCUT2D eigenvalue weighted by Crippen LogP contribution is -2.55. The molecule has 0 radical (unpaired) electrons. The number of halogens is 2. The first-order chi connectivity index (χ1) is 20.5. The number of nitrogens with one attached hydrogen (secondary N) is 3. The molecule has 3 aromatic rings. The van der Waals surface area contributed by atoms with Crippen LogP contribution in [-0.4, -0.2) is 60.7 Å². The van der Waals surface area contributed by atoms with Gasteiger partial charge in [0.25, 0.3) is 0 Å². The van der Waals surface area contributed by atoms with Gasteiger partial charge in [-0.25, -0.2) is 18.2 Å². The van der Waals surface area contributed by atoms with Crippen molar-refractivity contribution in [3.8, 4) is 0 Å². The number of carbonyl (C=O) groups is 2. The van der Waals surface area contributed by atoms with E-state index in [0.717, 1.165) is 5.56 Å². The third-order valence-electron chi connectivity index (χ3n) is 6.95. The van der Waals surface area contributed by atoms with Gasteiger partial charge in [-0.15, -0.1) is 0 Å². The fourth-order valence-electron chi connectivity index (χ4n) is 4.60. The van der Waals surface area contributed by atoms with Crippen molar-refractivity contribution in [1.82, 2.24) is 19.6 Å². The van der Waals surface area contributed by atoms with Crippen LogP contribution in [0.25, 0.3) is 0 Å². The second-order valence-electron chi connectivity index (χ2n) is 10.2. The molecule has 0 bridgehead atoms. The zero-order valence-electron chi connectivity index (χ0n) is 23.5. The number of likely N-dealkylation sites (tertiary alicyclic amines) is 1. The molecule has 5 N–H and O–H groups in total. The lowest BCUT2D eigenvalue weighted by molar-refractivity contribution is -0.150. The molecule has 232 valence electrons. The van der Waals surface area contributed by atoms with Gasteiger partial charge in [0, 0.05) is 31.9 Å². The van der Waals surface area contributed by atoms with Crippen LogP contribution in [0, 0.1) is 5.92 Å². The van der Waals surface area contributed by atoms with Crippen LogP contribution in [0.2, 0.25) is 10.0 Å². The van der Waals surface area contributed by atoms with E-state index < -0.39 is 34.4 Å². The Morgan fingerprint density at radius 3 is 2.60 bits per heavy atom. The summed E-state index contributed by atoms with van der Waals surface area (Å²) in [5.74, 6) is 0.159. The lowest BCUT2D eigenvalue weighted by atomic mass is 9.96. The molecule has 0 aliphatic carbocycles. The van der Waals surface area contributed by atoms with E-state index in [-0.39, 0.29) is 46.1 Å². The van der Waals surface area contributed by atoms with Gasteiger partial charge in [-0.2, -0.15) is 4.72 Å². The van der Waals surface area contributed by atoms with Gasteiger partial charge >= 0.3 is 6.16 Å². The van der Waals surface area contributed by atoms with Crippen LogP contribution in [0.3, 0.4) is 0 Å². The topological polar surface area (TPSA) is 169 Å². The minimum Gasteiger partial charge on any atom is -0.429 e. The predicted octanol–water partition coefficient (Wildman–Crippen LogP) is 4.78. The Kier molecular flexibility index (Phi) is 11.1. The van der Waals surface area contributed by atoms with E-state index in [9.17, 15) is 18.0 Å².